The Kier molecular flexibility index (Phi) is 2.95. The Morgan fingerprint density at radius 3 is 3.06 bits per heavy atom. The van der Waals surface area contributed by atoms with Gasteiger partial charge in [0.1, 0.15) is 12.1 Å². The summed E-state index contributed by atoms with van der Waals surface area (Å²) in [5.41, 5.74) is 2.01. The minimum Gasteiger partial charge on any atom is -0.365 e. The molecule has 0 fully saturated rings. The second kappa shape index (κ2) is 4.57. The van der Waals surface area contributed by atoms with E-state index < -0.39 is 0 Å². The SMILES string of the molecule is Cc1cc(CC(=O)Nc2ccncn2)c[nH]1. The van der Waals surface area contributed by atoms with Gasteiger partial charge < -0.3 is 10.3 Å². The smallest absolute Gasteiger partial charge is 0.230 e. The molecule has 0 spiro atoms. The van der Waals surface area contributed by atoms with Crippen LogP contribution in [0.2, 0.25) is 0 Å². The first-order chi connectivity index (χ1) is 7.74. The second-order valence-electron chi connectivity index (χ2n) is 3.51. The lowest BCUT2D eigenvalue weighted by molar-refractivity contribution is -0.115. The number of aryl methyl sites for hydroxylation is 1. The van der Waals surface area contributed by atoms with Gasteiger partial charge in [0.2, 0.25) is 5.91 Å². The number of carbonyl (C=O) groups is 1. The van der Waals surface area contributed by atoms with Crippen molar-refractivity contribution in [1.82, 2.24) is 15.0 Å². The Balaban J connectivity index is 1.95. The number of nitrogens with zero attached hydrogens (tertiary/aromatic N) is 2. The molecule has 16 heavy (non-hydrogen) atoms. The lowest BCUT2D eigenvalue weighted by Crippen LogP contribution is -2.14. The number of hydrogen-bond donors (Lipinski definition) is 2. The highest BCUT2D eigenvalue weighted by Gasteiger charge is 2.05. The third-order valence-corrected chi connectivity index (χ3v) is 2.10. The number of aromatic amines is 1. The molecule has 0 saturated carbocycles. The zero-order valence-electron chi connectivity index (χ0n) is 8.90. The fourth-order valence-corrected chi connectivity index (χ4v) is 1.41. The van der Waals surface area contributed by atoms with Gasteiger partial charge in [-0.15, -0.1) is 0 Å². The lowest BCUT2D eigenvalue weighted by atomic mass is 10.2. The van der Waals surface area contributed by atoms with Crippen molar-refractivity contribution in [2.24, 2.45) is 0 Å². The average Bonchev–Trinajstić information content (AvgIpc) is 2.65. The number of H-pyrrole nitrogens is 1. The van der Waals surface area contributed by atoms with Gasteiger partial charge >= 0.3 is 0 Å². The Hall–Kier alpha value is -2.17. The second-order valence-corrected chi connectivity index (χ2v) is 3.51. The maximum atomic E-state index is 11.6. The molecule has 2 aromatic heterocycles. The van der Waals surface area contributed by atoms with Crippen molar-refractivity contribution in [2.75, 3.05) is 5.32 Å². The maximum Gasteiger partial charge on any atom is 0.230 e. The van der Waals surface area contributed by atoms with E-state index in [-0.39, 0.29) is 5.91 Å². The maximum absolute atomic E-state index is 11.6. The van der Waals surface area contributed by atoms with E-state index >= 15 is 0 Å². The molecule has 0 atom stereocenters. The van der Waals surface area contributed by atoms with Gasteiger partial charge in [0.25, 0.3) is 0 Å². The molecule has 5 nitrogen and oxygen atoms in total. The van der Waals surface area contributed by atoms with E-state index in [4.69, 9.17) is 0 Å². The van der Waals surface area contributed by atoms with Crippen molar-refractivity contribution in [3.8, 4) is 0 Å². The van der Waals surface area contributed by atoms with Crippen molar-refractivity contribution in [1.29, 1.82) is 0 Å². The molecule has 2 N–H and O–H groups in total. The summed E-state index contributed by atoms with van der Waals surface area (Å²) in [5.74, 6) is 0.435. The average molecular weight is 216 g/mol. The Bertz CT molecular complexity index is 478. The van der Waals surface area contributed by atoms with Crippen LogP contribution in [0.5, 0.6) is 0 Å². The van der Waals surface area contributed by atoms with Gasteiger partial charge in [-0.05, 0) is 24.6 Å². The van der Waals surface area contributed by atoms with Gasteiger partial charge in [-0.3, -0.25) is 4.79 Å². The van der Waals surface area contributed by atoms with Gasteiger partial charge in [-0.1, -0.05) is 0 Å². The minimum atomic E-state index is -0.0855. The fourth-order valence-electron chi connectivity index (χ4n) is 1.41. The van der Waals surface area contributed by atoms with Gasteiger partial charge in [0.05, 0.1) is 6.42 Å². The molecule has 2 heterocycles. The largest absolute Gasteiger partial charge is 0.365 e. The predicted octanol–water partition coefficient (Wildman–Crippen LogP) is 1.29. The molecule has 1 amide bonds. The first kappa shape index (κ1) is 10.4. The summed E-state index contributed by atoms with van der Waals surface area (Å²) >= 11 is 0. The number of amides is 1. The predicted molar refractivity (Wildman–Crippen MR) is 59.9 cm³/mol. The van der Waals surface area contributed by atoms with E-state index in [1.54, 1.807) is 12.3 Å². The molecule has 0 saturated heterocycles. The number of nitrogens with one attached hydrogen (secondary N) is 2. The molecule has 82 valence electrons. The number of anilines is 1. The summed E-state index contributed by atoms with van der Waals surface area (Å²) in [6, 6.07) is 3.60. The summed E-state index contributed by atoms with van der Waals surface area (Å²) in [7, 11) is 0. The van der Waals surface area contributed by atoms with E-state index in [1.165, 1.54) is 6.33 Å². The Morgan fingerprint density at radius 2 is 2.44 bits per heavy atom. The molecule has 0 aliphatic carbocycles. The van der Waals surface area contributed by atoms with Crippen LogP contribution in [0.1, 0.15) is 11.3 Å². The molecule has 0 aliphatic heterocycles. The summed E-state index contributed by atoms with van der Waals surface area (Å²) in [4.78, 5) is 22.3. The molecule has 0 aliphatic rings. The number of aromatic nitrogens is 3. The highest BCUT2D eigenvalue weighted by atomic mass is 16.1. The monoisotopic (exact) mass is 216 g/mol. The third kappa shape index (κ3) is 2.66. The van der Waals surface area contributed by atoms with Crippen molar-refractivity contribution >= 4 is 11.7 Å². The number of hydrogen-bond acceptors (Lipinski definition) is 3. The zero-order chi connectivity index (χ0) is 11.4. The summed E-state index contributed by atoms with van der Waals surface area (Å²) in [6.07, 6.45) is 5.16. The van der Waals surface area contributed by atoms with E-state index in [9.17, 15) is 4.79 Å². The van der Waals surface area contributed by atoms with E-state index in [2.05, 4.69) is 20.3 Å². The van der Waals surface area contributed by atoms with Crippen LogP contribution >= 0.6 is 0 Å². The standard InChI is InChI=1S/C11H12N4O/c1-8-4-9(6-13-8)5-11(16)15-10-2-3-12-7-14-10/h2-4,6-7,13H,5H2,1H3,(H,12,14,15,16). The number of carbonyl (C=O) groups excluding carboxylic acids is 1. The fraction of sp³-hybridized carbons (Fsp3) is 0.182. The van der Waals surface area contributed by atoms with E-state index in [0.29, 0.717) is 12.2 Å². The van der Waals surface area contributed by atoms with Crippen molar-refractivity contribution in [3.05, 3.63) is 42.1 Å². The van der Waals surface area contributed by atoms with Crippen molar-refractivity contribution in [2.45, 2.75) is 13.3 Å². The van der Waals surface area contributed by atoms with Crippen molar-refractivity contribution < 1.29 is 4.79 Å². The van der Waals surface area contributed by atoms with Crippen LogP contribution in [0, 0.1) is 6.92 Å². The zero-order valence-corrected chi connectivity index (χ0v) is 8.90. The quantitative estimate of drug-likeness (QED) is 0.812. The third-order valence-electron chi connectivity index (χ3n) is 2.10. The molecule has 0 aromatic carbocycles. The van der Waals surface area contributed by atoms with Crippen LogP contribution in [0.4, 0.5) is 5.82 Å². The molecule has 0 bridgehead atoms. The van der Waals surface area contributed by atoms with Crippen molar-refractivity contribution in [3.63, 3.8) is 0 Å². The van der Waals surface area contributed by atoms with Gasteiger partial charge in [-0.25, -0.2) is 9.97 Å². The molecule has 0 radical (unpaired) electrons. The molecular weight excluding hydrogens is 204 g/mol. The normalized spacial score (nSPS) is 10.1. The molecule has 0 unspecified atom stereocenters. The van der Waals surface area contributed by atoms with Crippen LogP contribution in [0.25, 0.3) is 0 Å². The minimum absolute atomic E-state index is 0.0855. The topological polar surface area (TPSA) is 70.7 Å². The molecule has 5 heteroatoms. The van der Waals surface area contributed by atoms with Crippen LogP contribution in [-0.2, 0) is 11.2 Å². The first-order valence-corrected chi connectivity index (χ1v) is 4.94. The summed E-state index contributed by atoms with van der Waals surface area (Å²) in [5, 5.41) is 2.70. The van der Waals surface area contributed by atoms with E-state index in [1.807, 2.05) is 19.2 Å². The first-order valence-electron chi connectivity index (χ1n) is 4.94. The van der Waals surface area contributed by atoms with Gasteiger partial charge in [0, 0.05) is 18.1 Å². The highest BCUT2D eigenvalue weighted by molar-refractivity contribution is 5.91. The Labute approximate surface area is 92.9 Å². The van der Waals surface area contributed by atoms with Crippen LogP contribution < -0.4 is 5.32 Å². The summed E-state index contributed by atoms with van der Waals surface area (Å²) < 4.78 is 0. The van der Waals surface area contributed by atoms with Gasteiger partial charge in [-0.2, -0.15) is 0 Å². The van der Waals surface area contributed by atoms with Crippen LogP contribution in [0.15, 0.2) is 30.9 Å². The van der Waals surface area contributed by atoms with E-state index in [0.717, 1.165) is 11.3 Å². The van der Waals surface area contributed by atoms with Gasteiger partial charge in [0.15, 0.2) is 0 Å². The molecule has 2 aromatic rings. The Morgan fingerprint density at radius 1 is 1.56 bits per heavy atom. The summed E-state index contributed by atoms with van der Waals surface area (Å²) in [6.45, 7) is 1.95. The number of rotatable bonds is 3. The molecular formula is C11H12N4O. The molecule has 2 rings (SSSR count). The lowest BCUT2D eigenvalue weighted by Gasteiger charge is -2.01. The van der Waals surface area contributed by atoms with Crippen LogP contribution in [0.3, 0.4) is 0 Å². The highest BCUT2D eigenvalue weighted by Crippen LogP contribution is 2.05. The van der Waals surface area contributed by atoms with Crippen LogP contribution in [-0.4, -0.2) is 20.9 Å².